The number of aliphatic carboxylic acids is 1. The topological polar surface area (TPSA) is 114 Å². The van der Waals surface area contributed by atoms with Gasteiger partial charge in [0.05, 0.1) is 0 Å². The van der Waals surface area contributed by atoms with E-state index < -0.39 is 12.0 Å². The SMILES string of the molecule is Cn1nnc(O)c1CC(N)C(=O)O. The van der Waals surface area contributed by atoms with Crippen molar-refractivity contribution in [2.24, 2.45) is 12.8 Å². The number of aryl methyl sites for hydroxylation is 1. The fraction of sp³-hybridized carbons (Fsp3) is 0.500. The van der Waals surface area contributed by atoms with Crippen molar-refractivity contribution in [3.8, 4) is 5.88 Å². The third-order valence-corrected chi connectivity index (χ3v) is 1.65. The summed E-state index contributed by atoms with van der Waals surface area (Å²) in [5, 5.41) is 24.5. The number of aromatic nitrogens is 3. The van der Waals surface area contributed by atoms with Crippen molar-refractivity contribution in [1.82, 2.24) is 15.0 Å². The van der Waals surface area contributed by atoms with Crippen molar-refractivity contribution < 1.29 is 15.0 Å². The van der Waals surface area contributed by atoms with Crippen LogP contribution in [0.15, 0.2) is 0 Å². The number of aromatic hydroxyl groups is 1. The molecule has 0 spiro atoms. The highest BCUT2D eigenvalue weighted by Crippen LogP contribution is 2.12. The lowest BCUT2D eigenvalue weighted by Gasteiger charge is -2.05. The standard InChI is InChI=1S/C6H10N4O3/c1-10-4(5(11)8-9-10)2-3(7)6(12)13/h3,11H,2,7H2,1H3,(H,12,13). The minimum atomic E-state index is -1.12. The smallest absolute Gasteiger partial charge is 0.320 e. The Bertz CT molecular complexity index is 302. The van der Waals surface area contributed by atoms with Crippen LogP contribution in [0.4, 0.5) is 0 Å². The Balaban J connectivity index is 2.79. The fourth-order valence-corrected chi connectivity index (χ4v) is 0.885. The van der Waals surface area contributed by atoms with Gasteiger partial charge in [-0.25, -0.2) is 4.68 Å². The highest BCUT2D eigenvalue weighted by atomic mass is 16.4. The molecule has 1 aromatic rings. The number of hydrogen-bond donors (Lipinski definition) is 3. The van der Waals surface area contributed by atoms with Gasteiger partial charge in [0.15, 0.2) is 0 Å². The van der Waals surface area contributed by atoms with Crippen molar-refractivity contribution in [2.45, 2.75) is 12.5 Å². The second kappa shape index (κ2) is 3.40. The van der Waals surface area contributed by atoms with Crippen LogP contribution < -0.4 is 5.73 Å². The Labute approximate surface area is 73.8 Å². The lowest BCUT2D eigenvalue weighted by atomic mass is 10.2. The van der Waals surface area contributed by atoms with Crippen LogP contribution in [-0.4, -0.2) is 37.2 Å². The zero-order valence-corrected chi connectivity index (χ0v) is 7.01. The molecule has 1 aromatic heterocycles. The highest BCUT2D eigenvalue weighted by molar-refractivity contribution is 5.73. The van der Waals surface area contributed by atoms with Gasteiger partial charge in [-0.3, -0.25) is 4.79 Å². The minimum Gasteiger partial charge on any atom is -0.491 e. The summed E-state index contributed by atoms with van der Waals surface area (Å²) in [7, 11) is 1.55. The number of carboxylic acid groups (broad SMARTS) is 1. The van der Waals surface area contributed by atoms with E-state index in [1.165, 1.54) is 4.68 Å². The third kappa shape index (κ3) is 1.94. The number of rotatable bonds is 3. The predicted molar refractivity (Wildman–Crippen MR) is 42.0 cm³/mol. The first-order chi connectivity index (χ1) is 6.02. The Morgan fingerprint density at radius 3 is 2.77 bits per heavy atom. The second-order valence-corrected chi connectivity index (χ2v) is 2.63. The van der Waals surface area contributed by atoms with Gasteiger partial charge in [0.25, 0.3) is 5.88 Å². The molecule has 0 bridgehead atoms. The molecule has 13 heavy (non-hydrogen) atoms. The van der Waals surface area contributed by atoms with Gasteiger partial charge in [0, 0.05) is 13.5 Å². The first-order valence-electron chi connectivity index (χ1n) is 3.58. The van der Waals surface area contributed by atoms with E-state index in [-0.39, 0.29) is 12.3 Å². The van der Waals surface area contributed by atoms with Crippen molar-refractivity contribution in [2.75, 3.05) is 0 Å². The number of nitrogens with zero attached hydrogens (tertiary/aromatic N) is 3. The van der Waals surface area contributed by atoms with Gasteiger partial charge in [-0.15, -0.1) is 0 Å². The van der Waals surface area contributed by atoms with E-state index in [2.05, 4.69) is 10.3 Å². The van der Waals surface area contributed by atoms with E-state index in [0.29, 0.717) is 5.69 Å². The summed E-state index contributed by atoms with van der Waals surface area (Å²) < 4.78 is 1.29. The van der Waals surface area contributed by atoms with E-state index in [9.17, 15) is 4.79 Å². The van der Waals surface area contributed by atoms with Crippen molar-refractivity contribution in [3.63, 3.8) is 0 Å². The van der Waals surface area contributed by atoms with Gasteiger partial charge >= 0.3 is 5.97 Å². The van der Waals surface area contributed by atoms with Crippen LogP contribution in [0, 0.1) is 0 Å². The lowest BCUT2D eigenvalue weighted by Crippen LogP contribution is -2.33. The molecule has 0 saturated carbocycles. The molecule has 72 valence electrons. The van der Waals surface area contributed by atoms with E-state index in [1.54, 1.807) is 7.05 Å². The van der Waals surface area contributed by atoms with E-state index in [1.807, 2.05) is 0 Å². The Kier molecular flexibility index (Phi) is 2.47. The zero-order chi connectivity index (χ0) is 10.0. The van der Waals surface area contributed by atoms with E-state index in [4.69, 9.17) is 15.9 Å². The predicted octanol–water partition coefficient (Wildman–Crippen LogP) is -1.52. The molecule has 4 N–H and O–H groups in total. The summed E-state index contributed by atoms with van der Waals surface area (Å²) in [6, 6.07) is -1.05. The van der Waals surface area contributed by atoms with Gasteiger partial charge in [0.2, 0.25) is 0 Å². The normalized spacial score (nSPS) is 12.8. The molecule has 1 atom stereocenters. The van der Waals surface area contributed by atoms with Gasteiger partial charge < -0.3 is 15.9 Å². The molecule has 0 aliphatic rings. The number of nitrogens with two attached hydrogens (primary N) is 1. The Morgan fingerprint density at radius 2 is 2.38 bits per heavy atom. The molecule has 1 rings (SSSR count). The highest BCUT2D eigenvalue weighted by Gasteiger charge is 2.18. The van der Waals surface area contributed by atoms with Crippen LogP contribution in [0.1, 0.15) is 5.69 Å². The summed E-state index contributed by atoms with van der Waals surface area (Å²) >= 11 is 0. The van der Waals surface area contributed by atoms with E-state index >= 15 is 0 Å². The molecule has 0 radical (unpaired) electrons. The monoisotopic (exact) mass is 186 g/mol. The Morgan fingerprint density at radius 1 is 1.77 bits per heavy atom. The third-order valence-electron chi connectivity index (χ3n) is 1.65. The molecule has 7 nitrogen and oxygen atoms in total. The van der Waals surface area contributed by atoms with Gasteiger partial charge in [0.1, 0.15) is 11.7 Å². The largest absolute Gasteiger partial charge is 0.491 e. The van der Waals surface area contributed by atoms with Gasteiger partial charge in [-0.05, 0) is 0 Å². The Hall–Kier alpha value is -1.63. The maximum Gasteiger partial charge on any atom is 0.320 e. The molecule has 0 aliphatic heterocycles. The fourth-order valence-electron chi connectivity index (χ4n) is 0.885. The summed E-state index contributed by atoms with van der Waals surface area (Å²) in [5.74, 6) is -1.40. The molecule has 1 unspecified atom stereocenters. The maximum atomic E-state index is 10.4. The first kappa shape index (κ1) is 9.46. The van der Waals surface area contributed by atoms with Crippen LogP contribution in [0.2, 0.25) is 0 Å². The maximum absolute atomic E-state index is 10.4. The van der Waals surface area contributed by atoms with Crippen molar-refractivity contribution in [1.29, 1.82) is 0 Å². The second-order valence-electron chi connectivity index (χ2n) is 2.63. The number of carbonyl (C=O) groups is 1. The van der Waals surface area contributed by atoms with Crippen molar-refractivity contribution in [3.05, 3.63) is 5.69 Å². The van der Waals surface area contributed by atoms with Gasteiger partial charge in [-0.1, -0.05) is 10.3 Å². The molecular weight excluding hydrogens is 176 g/mol. The summed E-state index contributed by atoms with van der Waals surface area (Å²) in [5.41, 5.74) is 5.58. The average molecular weight is 186 g/mol. The van der Waals surface area contributed by atoms with Crippen molar-refractivity contribution >= 4 is 5.97 Å². The van der Waals surface area contributed by atoms with Crippen LogP contribution in [0.5, 0.6) is 5.88 Å². The first-order valence-corrected chi connectivity index (χ1v) is 3.58. The molecule has 0 amide bonds. The van der Waals surface area contributed by atoms with Crippen LogP contribution in [0.25, 0.3) is 0 Å². The summed E-state index contributed by atoms with van der Waals surface area (Å²) in [6.07, 6.45) is 0.00463. The zero-order valence-electron chi connectivity index (χ0n) is 7.01. The molecule has 0 fully saturated rings. The molecule has 0 aromatic carbocycles. The molecule has 0 saturated heterocycles. The lowest BCUT2D eigenvalue weighted by molar-refractivity contribution is -0.138. The van der Waals surface area contributed by atoms with Gasteiger partial charge in [-0.2, -0.15) is 0 Å². The van der Waals surface area contributed by atoms with Crippen LogP contribution in [0.3, 0.4) is 0 Å². The quantitative estimate of drug-likeness (QED) is 0.528. The summed E-state index contributed by atoms with van der Waals surface area (Å²) in [6.45, 7) is 0. The molecule has 0 aliphatic carbocycles. The minimum absolute atomic E-state index is 0.00463. The number of hydrogen-bond acceptors (Lipinski definition) is 5. The summed E-state index contributed by atoms with van der Waals surface area (Å²) in [4.78, 5) is 10.4. The number of carboxylic acids is 1. The van der Waals surface area contributed by atoms with Crippen LogP contribution >= 0.6 is 0 Å². The van der Waals surface area contributed by atoms with Crippen LogP contribution in [-0.2, 0) is 18.3 Å². The molecule has 1 heterocycles. The molecule has 7 heteroatoms. The molecular formula is C6H10N4O3. The average Bonchev–Trinajstić information content (AvgIpc) is 2.35. The van der Waals surface area contributed by atoms with E-state index in [0.717, 1.165) is 0 Å².